The van der Waals surface area contributed by atoms with Crippen molar-refractivity contribution < 1.29 is 51.5 Å². The molecule has 14 heteroatoms. The molecule has 0 aliphatic heterocycles. The molecule has 0 saturated heterocycles. The van der Waals surface area contributed by atoms with E-state index < -0.39 is 55.3 Å². The molecule has 10 unspecified atom stereocenters. The zero-order valence-electron chi connectivity index (χ0n) is 21.4. The molecule has 0 amide bonds. The normalized spacial score (nSPS) is 41.3. The van der Waals surface area contributed by atoms with Gasteiger partial charge in [0.25, 0.3) is 0 Å². The Morgan fingerprint density at radius 3 is 1.21 bits per heavy atom. The second kappa shape index (κ2) is 10.7. The van der Waals surface area contributed by atoms with Crippen molar-refractivity contribution in [2.24, 2.45) is 47.3 Å². The minimum absolute atomic E-state index is 0.00308. The van der Waals surface area contributed by atoms with Gasteiger partial charge in [0.15, 0.2) is 0 Å². The fraction of sp³-hybridized carbons (Fsp3) is 1.00. The van der Waals surface area contributed by atoms with Gasteiger partial charge in [-0.15, -0.1) is 0 Å². The fourth-order valence-corrected chi connectivity index (χ4v) is 9.46. The van der Waals surface area contributed by atoms with E-state index in [4.69, 9.17) is 8.37 Å². The standard InChI is InChI=1S/C24H36F6O6S2/c1-13-3-7-17-15(11-13)5-9-19(35-37(31,32)23(25,26)27)21(17)22-18-8-4-14(2)12-16(18)6-10-20(22)36-38(33,34)24(28,29)30/h13-22H,3-12H2,1-2H3. The summed E-state index contributed by atoms with van der Waals surface area (Å²) in [6.07, 6.45) is 2.17. The Hall–Kier alpha value is -0.600. The summed E-state index contributed by atoms with van der Waals surface area (Å²) >= 11 is 0. The summed E-state index contributed by atoms with van der Waals surface area (Å²) in [6, 6.07) is 0. The molecule has 10 atom stereocenters. The van der Waals surface area contributed by atoms with Crippen molar-refractivity contribution in [3.05, 3.63) is 0 Å². The van der Waals surface area contributed by atoms with Crippen LogP contribution in [0.4, 0.5) is 26.3 Å². The van der Waals surface area contributed by atoms with Crippen molar-refractivity contribution in [2.75, 3.05) is 0 Å². The molecule has 0 aromatic carbocycles. The predicted octanol–water partition coefficient (Wildman–Crippen LogP) is 6.38. The number of rotatable bonds is 5. The van der Waals surface area contributed by atoms with Crippen molar-refractivity contribution in [1.29, 1.82) is 0 Å². The number of halogens is 6. The molecule has 0 aromatic rings. The molecular weight excluding hydrogens is 562 g/mol. The highest BCUT2D eigenvalue weighted by molar-refractivity contribution is 7.87. The van der Waals surface area contributed by atoms with Gasteiger partial charge in [0.1, 0.15) is 0 Å². The van der Waals surface area contributed by atoms with Crippen LogP contribution in [0.15, 0.2) is 0 Å². The lowest BCUT2D eigenvalue weighted by Crippen LogP contribution is -2.55. The third-order valence-electron chi connectivity index (χ3n) is 9.61. The monoisotopic (exact) mass is 598 g/mol. The Labute approximate surface area is 220 Å². The van der Waals surface area contributed by atoms with Gasteiger partial charge in [-0.3, -0.25) is 8.37 Å². The van der Waals surface area contributed by atoms with Gasteiger partial charge in [-0.25, -0.2) is 0 Å². The molecule has 38 heavy (non-hydrogen) atoms. The van der Waals surface area contributed by atoms with Gasteiger partial charge in [0.2, 0.25) is 0 Å². The summed E-state index contributed by atoms with van der Waals surface area (Å²) in [5.74, 6) is -1.55. The van der Waals surface area contributed by atoms with Crippen LogP contribution in [0.3, 0.4) is 0 Å². The topological polar surface area (TPSA) is 86.7 Å². The minimum atomic E-state index is -5.97. The quantitative estimate of drug-likeness (QED) is 0.207. The second-order valence-corrected chi connectivity index (χ2v) is 15.2. The lowest BCUT2D eigenvalue weighted by molar-refractivity contribution is -0.126. The first-order valence-electron chi connectivity index (χ1n) is 13.4. The summed E-state index contributed by atoms with van der Waals surface area (Å²) in [6.45, 7) is 4.12. The van der Waals surface area contributed by atoms with Gasteiger partial charge in [0.05, 0.1) is 12.2 Å². The number of hydrogen-bond acceptors (Lipinski definition) is 6. The lowest BCUT2D eigenvalue weighted by atomic mass is 9.52. The maximum Gasteiger partial charge on any atom is 0.523 e. The molecule has 4 aliphatic carbocycles. The highest BCUT2D eigenvalue weighted by Crippen LogP contribution is 2.57. The summed E-state index contributed by atoms with van der Waals surface area (Å²) in [5.41, 5.74) is -11.3. The lowest BCUT2D eigenvalue weighted by Gasteiger charge is -2.56. The minimum Gasteiger partial charge on any atom is -0.260 e. The zero-order valence-corrected chi connectivity index (χ0v) is 23.0. The van der Waals surface area contributed by atoms with Crippen LogP contribution < -0.4 is 0 Å². The van der Waals surface area contributed by atoms with E-state index in [1.165, 1.54) is 0 Å². The average Bonchev–Trinajstić information content (AvgIpc) is 2.77. The predicted molar refractivity (Wildman–Crippen MR) is 125 cm³/mol. The van der Waals surface area contributed by atoms with Crippen LogP contribution >= 0.6 is 0 Å². The first-order chi connectivity index (χ1) is 17.4. The molecule has 0 bridgehead atoms. The van der Waals surface area contributed by atoms with E-state index in [9.17, 15) is 43.2 Å². The van der Waals surface area contributed by atoms with Crippen LogP contribution in [-0.2, 0) is 28.6 Å². The Balaban J connectivity index is 1.77. The van der Waals surface area contributed by atoms with Crippen molar-refractivity contribution in [3.63, 3.8) is 0 Å². The summed E-state index contributed by atoms with van der Waals surface area (Å²) in [4.78, 5) is 0. The maximum absolute atomic E-state index is 13.3. The maximum atomic E-state index is 13.3. The van der Waals surface area contributed by atoms with Gasteiger partial charge < -0.3 is 0 Å². The van der Waals surface area contributed by atoms with E-state index in [0.29, 0.717) is 37.5 Å². The summed E-state index contributed by atoms with van der Waals surface area (Å²) in [5, 5.41) is 0. The van der Waals surface area contributed by atoms with Gasteiger partial charge in [-0.2, -0.15) is 43.2 Å². The van der Waals surface area contributed by atoms with Crippen LogP contribution in [0.1, 0.15) is 78.1 Å². The van der Waals surface area contributed by atoms with Crippen LogP contribution in [0.5, 0.6) is 0 Å². The molecule has 4 aliphatic rings. The van der Waals surface area contributed by atoms with Crippen molar-refractivity contribution in [3.8, 4) is 0 Å². The number of fused-ring (bicyclic) bond motifs is 2. The van der Waals surface area contributed by atoms with Crippen molar-refractivity contribution in [1.82, 2.24) is 0 Å². The third kappa shape index (κ3) is 6.02. The molecule has 222 valence electrons. The largest absolute Gasteiger partial charge is 0.523 e. The molecule has 0 N–H and O–H groups in total. The molecular formula is C24H36F6O6S2. The summed E-state index contributed by atoms with van der Waals surface area (Å²) < 4.78 is 138. The van der Waals surface area contributed by atoms with Crippen LogP contribution in [-0.4, -0.2) is 40.1 Å². The third-order valence-corrected chi connectivity index (χ3v) is 11.7. The molecule has 4 fully saturated rings. The van der Waals surface area contributed by atoms with E-state index >= 15 is 0 Å². The Bertz CT molecular complexity index is 975. The van der Waals surface area contributed by atoms with E-state index in [1.807, 2.05) is 0 Å². The van der Waals surface area contributed by atoms with Crippen LogP contribution in [0, 0.1) is 47.3 Å². The SMILES string of the molecule is CC1CCC2C(CCC(OS(=O)(=O)C(F)(F)F)C2C2C(OS(=O)(=O)C(F)(F)F)CCC3CC(C)CCC32)C1. The number of alkyl halides is 6. The second-order valence-electron chi connectivity index (χ2n) is 12.1. The molecule has 0 spiro atoms. The number of hydrogen-bond donors (Lipinski definition) is 0. The smallest absolute Gasteiger partial charge is 0.260 e. The Kier molecular flexibility index (Phi) is 8.52. The zero-order chi connectivity index (χ0) is 28.3. The highest BCUT2D eigenvalue weighted by Gasteiger charge is 2.58. The average molecular weight is 599 g/mol. The van der Waals surface area contributed by atoms with Crippen molar-refractivity contribution in [2.45, 2.75) is 101 Å². The van der Waals surface area contributed by atoms with Crippen LogP contribution in [0.2, 0.25) is 0 Å². The van der Waals surface area contributed by atoms with E-state index in [0.717, 1.165) is 25.7 Å². The van der Waals surface area contributed by atoms with Gasteiger partial charge in [0, 0.05) is 0 Å². The molecule has 4 rings (SSSR count). The first-order valence-corrected chi connectivity index (χ1v) is 16.2. The Morgan fingerprint density at radius 2 is 0.895 bits per heavy atom. The van der Waals surface area contributed by atoms with E-state index in [-0.39, 0.29) is 36.5 Å². The highest BCUT2D eigenvalue weighted by atomic mass is 32.2. The Morgan fingerprint density at radius 1 is 0.553 bits per heavy atom. The van der Waals surface area contributed by atoms with Gasteiger partial charge in [-0.1, -0.05) is 26.7 Å². The van der Waals surface area contributed by atoms with Gasteiger partial charge >= 0.3 is 31.3 Å². The van der Waals surface area contributed by atoms with E-state index in [1.54, 1.807) is 0 Å². The molecule has 0 radical (unpaired) electrons. The summed E-state index contributed by atoms with van der Waals surface area (Å²) in [7, 11) is -11.9. The first kappa shape index (κ1) is 30.4. The molecule has 0 heterocycles. The van der Waals surface area contributed by atoms with Crippen LogP contribution in [0.25, 0.3) is 0 Å². The molecule has 0 aromatic heterocycles. The molecule has 6 nitrogen and oxygen atoms in total. The van der Waals surface area contributed by atoms with Crippen molar-refractivity contribution >= 4 is 20.2 Å². The fourth-order valence-electron chi connectivity index (χ4n) is 8.14. The van der Waals surface area contributed by atoms with Gasteiger partial charge in [-0.05, 0) is 98.7 Å². The molecule has 4 saturated carbocycles. The van der Waals surface area contributed by atoms with E-state index in [2.05, 4.69) is 13.8 Å².